The van der Waals surface area contributed by atoms with E-state index in [1.165, 1.54) is 16.5 Å². The highest BCUT2D eigenvalue weighted by Gasteiger charge is 2.07. The highest BCUT2D eigenvalue weighted by Crippen LogP contribution is 2.21. The molecule has 2 aromatic rings. The highest BCUT2D eigenvalue weighted by atomic mass is 16.3. The fourth-order valence-electron chi connectivity index (χ4n) is 2.00. The van der Waals surface area contributed by atoms with Crippen LogP contribution in [0, 0.1) is 5.92 Å². The van der Waals surface area contributed by atoms with Crippen LogP contribution in [0.15, 0.2) is 30.5 Å². The standard InChI is InChI=1S/C13H17NO/c1-10(6-7-15)8-11-9-14-13-5-3-2-4-12(11)13/h2-5,9-10,14-15H,6-8H2,1H3. The van der Waals surface area contributed by atoms with E-state index in [1.54, 1.807) is 0 Å². The number of H-pyrrole nitrogens is 1. The van der Waals surface area contributed by atoms with E-state index in [-0.39, 0.29) is 6.61 Å². The molecule has 0 saturated carbocycles. The zero-order chi connectivity index (χ0) is 10.7. The Balaban J connectivity index is 2.21. The Hall–Kier alpha value is -1.28. The summed E-state index contributed by atoms with van der Waals surface area (Å²) in [5, 5.41) is 10.2. The summed E-state index contributed by atoms with van der Waals surface area (Å²) in [4.78, 5) is 3.27. The van der Waals surface area contributed by atoms with Crippen LogP contribution in [-0.4, -0.2) is 16.7 Å². The molecule has 2 N–H and O–H groups in total. The molecule has 1 unspecified atom stereocenters. The van der Waals surface area contributed by atoms with Crippen LogP contribution in [0.25, 0.3) is 10.9 Å². The molecule has 0 saturated heterocycles. The second-order valence-electron chi connectivity index (χ2n) is 4.18. The molecule has 1 aromatic heterocycles. The Morgan fingerprint density at radius 1 is 1.33 bits per heavy atom. The second-order valence-corrected chi connectivity index (χ2v) is 4.18. The zero-order valence-corrected chi connectivity index (χ0v) is 9.03. The number of aromatic nitrogens is 1. The van der Waals surface area contributed by atoms with Crippen LogP contribution in [0.2, 0.25) is 0 Å². The summed E-state index contributed by atoms with van der Waals surface area (Å²) in [6.45, 7) is 2.46. The molecule has 0 radical (unpaired) electrons. The maximum absolute atomic E-state index is 8.87. The third-order valence-corrected chi connectivity index (χ3v) is 2.87. The first-order valence-electron chi connectivity index (χ1n) is 5.47. The normalized spacial score (nSPS) is 13.2. The van der Waals surface area contributed by atoms with Crippen molar-refractivity contribution >= 4 is 10.9 Å². The maximum Gasteiger partial charge on any atom is 0.0456 e. The molecule has 0 amide bonds. The molecule has 2 nitrogen and oxygen atoms in total. The summed E-state index contributed by atoms with van der Waals surface area (Å²) < 4.78 is 0. The number of aliphatic hydroxyl groups is 1. The van der Waals surface area contributed by atoms with E-state index in [1.807, 2.05) is 6.07 Å². The van der Waals surface area contributed by atoms with Gasteiger partial charge in [-0.05, 0) is 30.4 Å². The minimum atomic E-state index is 0.281. The predicted molar refractivity (Wildman–Crippen MR) is 62.9 cm³/mol. The quantitative estimate of drug-likeness (QED) is 0.787. The van der Waals surface area contributed by atoms with E-state index < -0.39 is 0 Å². The van der Waals surface area contributed by atoms with Gasteiger partial charge in [0, 0.05) is 23.7 Å². The number of para-hydroxylation sites is 1. The minimum Gasteiger partial charge on any atom is -0.396 e. The number of hydrogen-bond donors (Lipinski definition) is 2. The van der Waals surface area contributed by atoms with Gasteiger partial charge in [-0.15, -0.1) is 0 Å². The third kappa shape index (κ3) is 2.21. The molecular weight excluding hydrogens is 186 g/mol. The van der Waals surface area contributed by atoms with Crippen molar-refractivity contribution in [3.05, 3.63) is 36.0 Å². The number of rotatable bonds is 4. The molecule has 1 heterocycles. The lowest BCUT2D eigenvalue weighted by molar-refractivity contribution is 0.262. The average molecular weight is 203 g/mol. The number of nitrogens with one attached hydrogen (secondary N) is 1. The summed E-state index contributed by atoms with van der Waals surface area (Å²) in [5.41, 5.74) is 2.55. The largest absolute Gasteiger partial charge is 0.396 e. The van der Waals surface area contributed by atoms with E-state index in [0.717, 1.165) is 12.8 Å². The second kappa shape index (κ2) is 4.49. The van der Waals surface area contributed by atoms with Gasteiger partial charge >= 0.3 is 0 Å². The van der Waals surface area contributed by atoms with Crippen molar-refractivity contribution in [1.29, 1.82) is 0 Å². The summed E-state index contributed by atoms with van der Waals surface area (Å²) in [7, 11) is 0. The summed E-state index contributed by atoms with van der Waals surface area (Å²) >= 11 is 0. The van der Waals surface area contributed by atoms with E-state index >= 15 is 0 Å². The van der Waals surface area contributed by atoms with Gasteiger partial charge in [0.1, 0.15) is 0 Å². The molecule has 2 rings (SSSR count). The lowest BCUT2D eigenvalue weighted by Gasteiger charge is -2.07. The van der Waals surface area contributed by atoms with Gasteiger partial charge in [-0.25, -0.2) is 0 Å². The van der Waals surface area contributed by atoms with E-state index in [2.05, 4.69) is 36.3 Å². The van der Waals surface area contributed by atoms with Crippen LogP contribution >= 0.6 is 0 Å². The first-order chi connectivity index (χ1) is 7.31. The smallest absolute Gasteiger partial charge is 0.0456 e. The van der Waals surface area contributed by atoms with E-state index in [0.29, 0.717) is 5.92 Å². The number of benzene rings is 1. The van der Waals surface area contributed by atoms with Gasteiger partial charge in [-0.2, -0.15) is 0 Å². The zero-order valence-electron chi connectivity index (χ0n) is 9.03. The summed E-state index contributed by atoms with van der Waals surface area (Å²) in [6, 6.07) is 8.35. The van der Waals surface area contributed by atoms with Gasteiger partial charge in [-0.3, -0.25) is 0 Å². The molecule has 1 aromatic carbocycles. The number of hydrogen-bond acceptors (Lipinski definition) is 1. The Bertz CT molecular complexity index is 433. The number of aliphatic hydroxyl groups excluding tert-OH is 1. The number of aromatic amines is 1. The van der Waals surface area contributed by atoms with Crippen LogP contribution in [-0.2, 0) is 6.42 Å². The highest BCUT2D eigenvalue weighted by molar-refractivity contribution is 5.83. The Labute approximate surface area is 89.9 Å². The first-order valence-corrected chi connectivity index (χ1v) is 5.47. The van der Waals surface area contributed by atoms with Gasteiger partial charge in [-0.1, -0.05) is 25.1 Å². The predicted octanol–water partition coefficient (Wildman–Crippen LogP) is 2.73. The van der Waals surface area contributed by atoms with Crippen LogP contribution < -0.4 is 0 Å². The van der Waals surface area contributed by atoms with E-state index in [4.69, 9.17) is 5.11 Å². The van der Waals surface area contributed by atoms with Gasteiger partial charge in [0.05, 0.1) is 0 Å². The van der Waals surface area contributed by atoms with Crippen molar-refractivity contribution in [2.45, 2.75) is 19.8 Å². The monoisotopic (exact) mass is 203 g/mol. The topological polar surface area (TPSA) is 36.0 Å². The Morgan fingerprint density at radius 2 is 2.13 bits per heavy atom. The van der Waals surface area contributed by atoms with Gasteiger partial charge in [0.25, 0.3) is 0 Å². The van der Waals surface area contributed by atoms with Crippen molar-refractivity contribution in [3.8, 4) is 0 Å². The average Bonchev–Trinajstić information content (AvgIpc) is 2.62. The van der Waals surface area contributed by atoms with Crippen molar-refractivity contribution in [2.75, 3.05) is 6.61 Å². The fraction of sp³-hybridized carbons (Fsp3) is 0.385. The van der Waals surface area contributed by atoms with Gasteiger partial charge < -0.3 is 10.1 Å². The molecule has 0 spiro atoms. The lowest BCUT2D eigenvalue weighted by Crippen LogP contribution is -2.01. The Morgan fingerprint density at radius 3 is 2.93 bits per heavy atom. The van der Waals surface area contributed by atoms with Crippen molar-refractivity contribution in [2.24, 2.45) is 5.92 Å². The van der Waals surface area contributed by atoms with Gasteiger partial charge in [0.2, 0.25) is 0 Å². The first kappa shape index (κ1) is 10.2. The molecule has 0 bridgehead atoms. The van der Waals surface area contributed by atoms with Crippen LogP contribution in [0.4, 0.5) is 0 Å². The molecule has 0 aliphatic carbocycles. The summed E-state index contributed by atoms with van der Waals surface area (Å²) in [5.74, 6) is 0.536. The van der Waals surface area contributed by atoms with Crippen LogP contribution in [0.1, 0.15) is 18.9 Å². The molecule has 2 heteroatoms. The lowest BCUT2D eigenvalue weighted by atomic mass is 9.98. The summed E-state index contributed by atoms with van der Waals surface area (Å²) in [6.07, 6.45) is 3.99. The molecule has 1 atom stereocenters. The molecule has 15 heavy (non-hydrogen) atoms. The molecule has 0 fully saturated rings. The molecule has 80 valence electrons. The molecule has 0 aliphatic heterocycles. The third-order valence-electron chi connectivity index (χ3n) is 2.87. The van der Waals surface area contributed by atoms with E-state index in [9.17, 15) is 0 Å². The van der Waals surface area contributed by atoms with Crippen molar-refractivity contribution in [1.82, 2.24) is 4.98 Å². The van der Waals surface area contributed by atoms with Crippen molar-refractivity contribution in [3.63, 3.8) is 0 Å². The van der Waals surface area contributed by atoms with Crippen LogP contribution in [0.5, 0.6) is 0 Å². The Kier molecular flexibility index (Phi) is 3.07. The maximum atomic E-state index is 8.87. The fourth-order valence-corrected chi connectivity index (χ4v) is 2.00. The molecule has 0 aliphatic rings. The molecular formula is C13H17NO. The number of fused-ring (bicyclic) bond motifs is 1. The van der Waals surface area contributed by atoms with Crippen LogP contribution in [0.3, 0.4) is 0 Å². The SMILES string of the molecule is CC(CCO)Cc1c[nH]c2ccccc12. The van der Waals surface area contributed by atoms with Crippen molar-refractivity contribution < 1.29 is 5.11 Å². The van der Waals surface area contributed by atoms with Gasteiger partial charge in [0.15, 0.2) is 0 Å². The minimum absolute atomic E-state index is 0.281.